The number of benzene rings is 3. The van der Waals surface area contributed by atoms with Crippen LogP contribution in [0.15, 0.2) is 78.7 Å². The number of pyridine rings is 1. The van der Waals surface area contributed by atoms with E-state index in [0.29, 0.717) is 5.52 Å². The molecule has 0 radical (unpaired) electrons. The smallest absolute Gasteiger partial charge is 0.246 e. The summed E-state index contributed by atoms with van der Waals surface area (Å²) >= 11 is 1.59. The largest absolute Gasteiger partial charge is 0.391 e. The topological polar surface area (TPSA) is 161 Å². The molecular formula is C57H73FN10O4S. The van der Waals surface area contributed by atoms with E-state index in [1.165, 1.54) is 22.6 Å². The summed E-state index contributed by atoms with van der Waals surface area (Å²) in [5.41, 5.74) is 12.3. The SMILES string of the molecule is Cc1cc(CNCCCCCCN2CCN(CC(=O)N[C@H](C(=O)N3C[C@H](O)C[C@H]3C(=O)N[C@@H](C)c3ccc(-c4scnc4C)cc3)C(C)(C)C)CC2)cc(C)c1-c1ncn(C)c1-c1ccnc2cc(F)ccc12. The van der Waals surface area contributed by atoms with Crippen molar-refractivity contribution in [3.05, 3.63) is 112 Å². The van der Waals surface area contributed by atoms with Gasteiger partial charge < -0.3 is 35.4 Å². The maximum atomic E-state index is 14.2. The summed E-state index contributed by atoms with van der Waals surface area (Å²) in [6.07, 6.45) is 7.40. The van der Waals surface area contributed by atoms with Gasteiger partial charge in [-0.3, -0.25) is 24.3 Å². The molecular weight excluding hydrogens is 940 g/mol. The molecule has 6 aromatic rings. The molecule has 0 bridgehead atoms. The lowest BCUT2D eigenvalue weighted by Gasteiger charge is -2.37. The monoisotopic (exact) mass is 1010 g/mol. The minimum absolute atomic E-state index is 0.0278. The van der Waals surface area contributed by atoms with Gasteiger partial charge in [-0.05, 0) is 105 Å². The van der Waals surface area contributed by atoms with E-state index in [1.54, 1.807) is 23.6 Å². The van der Waals surface area contributed by atoms with Crippen molar-refractivity contribution < 1.29 is 23.9 Å². The molecule has 8 rings (SSSR count). The molecule has 4 N–H and O–H groups in total. The molecule has 0 unspecified atom stereocenters. The Morgan fingerprint density at radius 1 is 0.877 bits per heavy atom. The Labute approximate surface area is 433 Å². The Morgan fingerprint density at radius 2 is 1.59 bits per heavy atom. The first-order valence-electron chi connectivity index (χ1n) is 25.9. The lowest BCUT2D eigenvalue weighted by molar-refractivity contribution is -0.144. The quantitative estimate of drug-likeness (QED) is 0.0584. The zero-order valence-electron chi connectivity index (χ0n) is 43.8. The van der Waals surface area contributed by atoms with Crippen molar-refractivity contribution in [2.75, 3.05) is 52.4 Å². The molecule has 3 aromatic carbocycles. The number of nitrogens with zero attached hydrogens (tertiary/aromatic N) is 7. The van der Waals surface area contributed by atoms with Crippen LogP contribution in [0.25, 0.3) is 43.9 Å². The van der Waals surface area contributed by atoms with Crippen LogP contribution in [0.1, 0.15) is 93.8 Å². The van der Waals surface area contributed by atoms with Gasteiger partial charge in [-0.1, -0.05) is 70.0 Å². The second-order valence-electron chi connectivity index (χ2n) is 21.3. The lowest BCUT2D eigenvalue weighted by Crippen LogP contribution is -2.59. The molecule has 2 aliphatic rings. The Bertz CT molecular complexity index is 2860. The Morgan fingerprint density at radius 3 is 2.29 bits per heavy atom. The van der Waals surface area contributed by atoms with Crippen LogP contribution in [0.5, 0.6) is 0 Å². The molecule has 4 atom stereocenters. The van der Waals surface area contributed by atoms with Gasteiger partial charge in [0.15, 0.2) is 0 Å². The average molecular weight is 1010 g/mol. The van der Waals surface area contributed by atoms with Crippen LogP contribution in [0.3, 0.4) is 0 Å². The van der Waals surface area contributed by atoms with E-state index in [-0.39, 0.29) is 49.1 Å². The van der Waals surface area contributed by atoms with Gasteiger partial charge in [-0.25, -0.2) is 14.4 Å². The van der Waals surface area contributed by atoms with Crippen LogP contribution in [-0.4, -0.2) is 128 Å². The molecule has 73 heavy (non-hydrogen) atoms. The van der Waals surface area contributed by atoms with E-state index >= 15 is 0 Å². The number of nitrogens with one attached hydrogen (secondary N) is 3. The number of carbonyl (C=O) groups excluding carboxylic acids is 3. The normalized spacial score (nSPS) is 17.5. The van der Waals surface area contributed by atoms with Gasteiger partial charge in [-0.15, -0.1) is 11.3 Å². The highest BCUT2D eigenvalue weighted by Gasteiger charge is 2.45. The first kappa shape index (κ1) is 53.4. The van der Waals surface area contributed by atoms with E-state index in [9.17, 15) is 23.9 Å². The Kier molecular flexibility index (Phi) is 17.2. The predicted molar refractivity (Wildman–Crippen MR) is 288 cm³/mol. The maximum absolute atomic E-state index is 14.2. The van der Waals surface area contributed by atoms with Crippen molar-refractivity contribution in [3.63, 3.8) is 0 Å². The molecule has 0 aliphatic carbocycles. The van der Waals surface area contributed by atoms with Gasteiger partial charge >= 0.3 is 0 Å². The number of rotatable bonds is 19. The molecule has 2 aliphatic heterocycles. The number of hydrogen-bond acceptors (Lipinski definition) is 11. The summed E-state index contributed by atoms with van der Waals surface area (Å²) in [7, 11) is 1.99. The molecule has 3 aromatic heterocycles. The predicted octanol–water partition coefficient (Wildman–Crippen LogP) is 8.13. The van der Waals surface area contributed by atoms with E-state index in [4.69, 9.17) is 4.98 Å². The minimum atomic E-state index is -0.874. The van der Waals surface area contributed by atoms with E-state index in [2.05, 4.69) is 61.7 Å². The fourth-order valence-electron chi connectivity index (χ4n) is 10.6. The summed E-state index contributed by atoms with van der Waals surface area (Å²) in [5, 5.41) is 21.4. The molecule has 14 nitrogen and oxygen atoms in total. The summed E-state index contributed by atoms with van der Waals surface area (Å²) in [6, 6.07) is 17.2. The molecule has 16 heteroatoms. The number of aliphatic hydroxyl groups excluding tert-OH is 1. The highest BCUT2D eigenvalue weighted by Crippen LogP contribution is 2.38. The number of β-amino-alcohol motifs (C(OH)–C–C–N with tert-alkyl or cyclic N) is 1. The molecule has 3 amide bonds. The third-order valence-corrected chi connectivity index (χ3v) is 15.5. The second-order valence-corrected chi connectivity index (χ2v) is 22.1. The first-order chi connectivity index (χ1) is 34.9. The van der Waals surface area contributed by atoms with E-state index < -0.39 is 23.6 Å². The van der Waals surface area contributed by atoms with Crippen molar-refractivity contribution in [1.82, 2.24) is 50.2 Å². The number of halogens is 1. The summed E-state index contributed by atoms with van der Waals surface area (Å²) in [5.74, 6) is -1.22. The number of aryl methyl sites for hydroxylation is 4. The van der Waals surface area contributed by atoms with Crippen molar-refractivity contribution >= 4 is 40.0 Å². The number of imidazole rings is 1. The van der Waals surface area contributed by atoms with Crippen molar-refractivity contribution in [2.24, 2.45) is 12.5 Å². The molecule has 0 spiro atoms. The summed E-state index contributed by atoms with van der Waals surface area (Å²) in [6.45, 7) is 20.2. The van der Waals surface area contributed by atoms with Crippen molar-refractivity contribution in [1.29, 1.82) is 0 Å². The zero-order valence-corrected chi connectivity index (χ0v) is 44.6. The van der Waals surface area contributed by atoms with Crippen LogP contribution >= 0.6 is 11.3 Å². The van der Waals surface area contributed by atoms with E-state index in [0.717, 1.165) is 132 Å². The summed E-state index contributed by atoms with van der Waals surface area (Å²) in [4.78, 5) is 62.4. The number of carbonyl (C=O) groups is 3. The maximum Gasteiger partial charge on any atom is 0.246 e. The lowest BCUT2D eigenvalue weighted by atomic mass is 9.85. The molecule has 0 saturated carbocycles. The van der Waals surface area contributed by atoms with Crippen LogP contribution in [0.2, 0.25) is 0 Å². The number of aromatic nitrogens is 4. The minimum Gasteiger partial charge on any atom is -0.391 e. The number of fused-ring (bicyclic) bond motifs is 1. The highest BCUT2D eigenvalue weighted by atomic mass is 32.1. The van der Waals surface area contributed by atoms with Gasteiger partial charge in [0.2, 0.25) is 17.7 Å². The number of piperazine rings is 1. The first-order valence-corrected chi connectivity index (χ1v) is 26.7. The summed E-state index contributed by atoms with van der Waals surface area (Å²) < 4.78 is 16.1. The number of thiazole rings is 1. The fraction of sp³-hybridized carbons (Fsp3) is 0.474. The number of unbranched alkanes of at least 4 members (excludes halogenated alkanes) is 3. The van der Waals surface area contributed by atoms with Crippen LogP contribution < -0.4 is 16.0 Å². The third-order valence-electron chi connectivity index (χ3n) is 14.5. The van der Waals surface area contributed by atoms with Crippen LogP contribution in [-0.2, 0) is 28.0 Å². The van der Waals surface area contributed by atoms with Gasteiger partial charge in [0.1, 0.15) is 17.9 Å². The van der Waals surface area contributed by atoms with Crippen molar-refractivity contribution in [2.45, 2.75) is 111 Å². The molecule has 2 saturated heterocycles. The number of aliphatic hydroxyl groups is 1. The number of hydrogen-bond donors (Lipinski definition) is 4. The molecule has 2 fully saturated rings. The standard InChI is InChI=1S/C57H73FN10O4S/c1-36-27-40(28-37(2)50(36)51-52(65(8)34-61-51)46-19-21-60-47-29-43(58)17-18-45(46)47)31-59-20-11-9-10-12-22-66-23-25-67(26-24-66)33-49(70)64-54(57(5,6)7)56(72)68-32-44(69)30-48(68)55(71)63-38(3)41-13-15-42(16-14-41)53-39(4)62-35-73-53/h13-19,21,27-29,34-35,38,44,48,54,59,69H,9-12,20,22-26,30-33H2,1-8H3,(H,63,71)(H,64,70)/t38-,44+,48-,54+/m0/s1. The fourth-order valence-corrected chi connectivity index (χ4v) is 11.4. The Hall–Kier alpha value is -5.91. The van der Waals surface area contributed by atoms with Crippen LogP contribution in [0, 0.1) is 32.0 Å². The zero-order chi connectivity index (χ0) is 52.0. The van der Waals surface area contributed by atoms with Crippen LogP contribution in [0.4, 0.5) is 4.39 Å². The average Bonchev–Trinajstić information content (AvgIpc) is 4.08. The van der Waals surface area contributed by atoms with Gasteiger partial charge in [0, 0.05) is 81.5 Å². The Balaban J connectivity index is 0.734. The number of likely N-dealkylation sites (tertiary alicyclic amines) is 1. The third kappa shape index (κ3) is 12.9. The van der Waals surface area contributed by atoms with Crippen molar-refractivity contribution in [3.8, 4) is 33.0 Å². The highest BCUT2D eigenvalue weighted by molar-refractivity contribution is 7.13. The van der Waals surface area contributed by atoms with Gasteiger partial charge in [0.05, 0.1) is 58.0 Å². The van der Waals surface area contributed by atoms with Gasteiger partial charge in [-0.2, -0.15) is 0 Å². The van der Waals surface area contributed by atoms with Gasteiger partial charge in [0.25, 0.3) is 0 Å². The number of amides is 3. The van der Waals surface area contributed by atoms with E-state index in [1.807, 2.05) is 88.4 Å². The second kappa shape index (κ2) is 23.5. The molecule has 388 valence electrons. The molecule has 5 heterocycles.